The molecule has 0 aliphatic rings. The van der Waals surface area contributed by atoms with Crippen molar-refractivity contribution in [1.82, 2.24) is 0 Å². The fourth-order valence-corrected chi connectivity index (χ4v) is 1.13. The van der Waals surface area contributed by atoms with E-state index >= 15 is 0 Å². The van der Waals surface area contributed by atoms with Crippen molar-refractivity contribution in [2.24, 2.45) is 5.11 Å². The molecular formula is C9H8F3N3. The lowest BCUT2D eigenvalue weighted by atomic mass is 10.1. The van der Waals surface area contributed by atoms with Crippen molar-refractivity contribution in [2.45, 2.75) is 19.6 Å². The molecule has 0 N–H and O–H groups in total. The normalized spacial score (nSPS) is 10.9. The summed E-state index contributed by atoms with van der Waals surface area (Å²) in [5.41, 5.74) is 8.43. The minimum atomic E-state index is -4.36. The highest BCUT2D eigenvalue weighted by Crippen LogP contribution is 2.30. The van der Waals surface area contributed by atoms with Gasteiger partial charge >= 0.3 is 6.18 Å². The minimum Gasteiger partial charge on any atom is -0.166 e. The first-order chi connectivity index (χ1) is 6.95. The molecule has 15 heavy (non-hydrogen) atoms. The van der Waals surface area contributed by atoms with E-state index in [2.05, 4.69) is 10.0 Å². The van der Waals surface area contributed by atoms with Gasteiger partial charge in [0.1, 0.15) is 0 Å². The van der Waals surface area contributed by atoms with Crippen molar-refractivity contribution in [3.05, 3.63) is 45.3 Å². The number of benzene rings is 1. The van der Waals surface area contributed by atoms with Crippen molar-refractivity contribution >= 4 is 0 Å². The Morgan fingerprint density at radius 2 is 2.07 bits per heavy atom. The average Bonchev–Trinajstić information content (AvgIpc) is 2.15. The van der Waals surface area contributed by atoms with Gasteiger partial charge in [-0.3, -0.25) is 0 Å². The first-order valence-corrected chi connectivity index (χ1v) is 4.12. The van der Waals surface area contributed by atoms with E-state index in [4.69, 9.17) is 5.53 Å². The van der Waals surface area contributed by atoms with Crippen LogP contribution in [0.15, 0.2) is 23.3 Å². The molecule has 0 aliphatic heterocycles. The molecule has 0 spiro atoms. The number of rotatable bonds is 2. The Balaban J connectivity index is 3.10. The summed E-state index contributed by atoms with van der Waals surface area (Å²) in [5, 5.41) is 3.24. The maximum absolute atomic E-state index is 12.3. The van der Waals surface area contributed by atoms with Gasteiger partial charge < -0.3 is 0 Å². The molecule has 1 aromatic rings. The second-order valence-electron chi connectivity index (χ2n) is 3.03. The number of aryl methyl sites for hydroxylation is 1. The molecule has 0 unspecified atom stereocenters. The van der Waals surface area contributed by atoms with Crippen LogP contribution in [0.1, 0.15) is 16.7 Å². The third-order valence-corrected chi connectivity index (χ3v) is 1.98. The largest absolute Gasteiger partial charge is 0.416 e. The maximum Gasteiger partial charge on any atom is 0.416 e. The molecule has 0 bridgehead atoms. The summed E-state index contributed by atoms with van der Waals surface area (Å²) in [5.74, 6) is 0. The van der Waals surface area contributed by atoms with Crippen molar-refractivity contribution in [1.29, 1.82) is 0 Å². The molecule has 1 aromatic carbocycles. The van der Waals surface area contributed by atoms with E-state index in [1.807, 2.05) is 0 Å². The molecule has 0 aliphatic carbocycles. The van der Waals surface area contributed by atoms with E-state index in [1.165, 1.54) is 6.07 Å². The second kappa shape index (κ2) is 4.23. The Kier molecular flexibility index (Phi) is 3.21. The van der Waals surface area contributed by atoms with E-state index in [0.29, 0.717) is 11.1 Å². The van der Waals surface area contributed by atoms with Crippen molar-refractivity contribution in [3.63, 3.8) is 0 Å². The van der Waals surface area contributed by atoms with Crippen LogP contribution in [0.4, 0.5) is 13.2 Å². The quantitative estimate of drug-likeness (QED) is 0.409. The SMILES string of the molecule is Cc1ccc(C(F)(F)F)cc1CN=[N+]=[N-]. The molecule has 0 fully saturated rings. The topological polar surface area (TPSA) is 48.8 Å². The minimum absolute atomic E-state index is 0.0632. The van der Waals surface area contributed by atoms with Crippen LogP contribution in [0.5, 0.6) is 0 Å². The number of azide groups is 1. The Hall–Kier alpha value is -1.68. The summed E-state index contributed by atoms with van der Waals surface area (Å²) in [7, 11) is 0. The van der Waals surface area contributed by atoms with Gasteiger partial charge in [-0.15, -0.1) is 0 Å². The van der Waals surface area contributed by atoms with Crippen LogP contribution in [-0.2, 0) is 12.7 Å². The molecule has 0 saturated carbocycles. The van der Waals surface area contributed by atoms with Crippen molar-refractivity contribution in [2.75, 3.05) is 0 Å². The van der Waals surface area contributed by atoms with Gasteiger partial charge in [-0.2, -0.15) is 13.2 Å². The Bertz CT molecular complexity index is 406. The second-order valence-corrected chi connectivity index (χ2v) is 3.03. The van der Waals surface area contributed by atoms with E-state index in [9.17, 15) is 13.2 Å². The summed E-state index contributed by atoms with van der Waals surface area (Å²) in [6.45, 7) is 1.61. The molecule has 0 amide bonds. The Morgan fingerprint density at radius 3 is 2.60 bits per heavy atom. The predicted molar refractivity (Wildman–Crippen MR) is 49.0 cm³/mol. The smallest absolute Gasteiger partial charge is 0.166 e. The molecule has 0 aromatic heterocycles. The number of hydrogen-bond acceptors (Lipinski definition) is 1. The third kappa shape index (κ3) is 2.89. The van der Waals surface area contributed by atoms with Crippen LogP contribution in [0.3, 0.4) is 0 Å². The van der Waals surface area contributed by atoms with Crippen LogP contribution in [0.25, 0.3) is 10.4 Å². The lowest BCUT2D eigenvalue weighted by molar-refractivity contribution is -0.137. The average molecular weight is 215 g/mol. The lowest BCUT2D eigenvalue weighted by Gasteiger charge is -2.09. The van der Waals surface area contributed by atoms with Crippen LogP contribution in [0, 0.1) is 6.92 Å². The first kappa shape index (κ1) is 11.4. The highest BCUT2D eigenvalue weighted by atomic mass is 19.4. The maximum atomic E-state index is 12.3. The molecule has 0 heterocycles. The third-order valence-electron chi connectivity index (χ3n) is 1.98. The number of halogens is 3. The van der Waals surface area contributed by atoms with Gasteiger partial charge in [-0.25, -0.2) is 0 Å². The van der Waals surface area contributed by atoms with E-state index < -0.39 is 11.7 Å². The lowest BCUT2D eigenvalue weighted by Crippen LogP contribution is -2.05. The summed E-state index contributed by atoms with van der Waals surface area (Å²) < 4.78 is 37.0. The van der Waals surface area contributed by atoms with Gasteiger partial charge in [-0.1, -0.05) is 11.2 Å². The number of nitrogens with zero attached hydrogens (tertiary/aromatic N) is 3. The molecule has 1 rings (SSSR count). The van der Waals surface area contributed by atoms with E-state index in [-0.39, 0.29) is 6.54 Å². The molecule has 80 valence electrons. The first-order valence-electron chi connectivity index (χ1n) is 4.12. The van der Waals surface area contributed by atoms with Crippen LogP contribution >= 0.6 is 0 Å². The van der Waals surface area contributed by atoms with Crippen LogP contribution in [-0.4, -0.2) is 0 Å². The molecular weight excluding hydrogens is 207 g/mol. The summed E-state index contributed by atoms with van der Waals surface area (Å²) in [6, 6.07) is 3.38. The van der Waals surface area contributed by atoms with Gasteiger partial charge in [0.05, 0.1) is 12.1 Å². The molecule has 6 heteroatoms. The van der Waals surface area contributed by atoms with Crippen molar-refractivity contribution in [3.8, 4) is 0 Å². The summed E-state index contributed by atoms with van der Waals surface area (Å²) in [6.07, 6.45) is -4.36. The van der Waals surface area contributed by atoms with E-state index in [0.717, 1.165) is 12.1 Å². The predicted octanol–water partition coefficient (Wildman–Crippen LogP) is 3.82. The molecule has 3 nitrogen and oxygen atoms in total. The van der Waals surface area contributed by atoms with Gasteiger partial charge in [0.25, 0.3) is 0 Å². The van der Waals surface area contributed by atoms with Crippen LogP contribution < -0.4 is 0 Å². The monoisotopic (exact) mass is 215 g/mol. The fourth-order valence-electron chi connectivity index (χ4n) is 1.13. The number of alkyl halides is 3. The summed E-state index contributed by atoms with van der Waals surface area (Å²) >= 11 is 0. The van der Waals surface area contributed by atoms with Crippen molar-refractivity contribution < 1.29 is 13.2 Å². The highest BCUT2D eigenvalue weighted by Gasteiger charge is 2.30. The van der Waals surface area contributed by atoms with Gasteiger partial charge in [-0.05, 0) is 35.7 Å². The van der Waals surface area contributed by atoms with Gasteiger partial charge in [0.2, 0.25) is 0 Å². The summed E-state index contributed by atoms with van der Waals surface area (Å²) in [4.78, 5) is 2.51. The Labute approximate surface area is 84.2 Å². The molecule has 0 atom stereocenters. The van der Waals surface area contributed by atoms with E-state index in [1.54, 1.807) is 6.92 Å². The fraction of sp³-hybridized carbons (Fsp3) is 0.333. The van der Waals surface area contributed by atoms with Gasteiger partial charge in [0, 0.05) is 4.91 Å². The molecule has 0 radical (unpaired) electrons. The Morgan fingerprint density at radius 1 is 1.40 bits per heavy atom. The standard InChI is InChI=1S/C9H8F3N3/c1-6-2-3-8(9(10,11)12)4-7(6)5-14-15-13/h2-4H,5H2,1H3. The van der Waals surface area contributed by atoms with Crippen LogP contribution in [0.2, 0.25) is 0 Å². The zero-order valence-electron chi connectivity index (χ0n) is 7.91. The highest BCUT2D eigenvalue weighted by molar-refractivity contribution is 5.32. The molecule has 0 saturated heterocycles. The van der Waals surface area contributed by atoms with Gasteiger partial charge in [0.15, 0.2) is 0 Å². The zero-order valence-corrected chi connectivity index (χ0v) is 7.91. The number of hydrogen-bond donors (Lipinski definition) is 0. The zero-order chi connectivity index (χ0) is 11.5.